The molecule has 0 aliphatic rings. The Kier molecular flexibility index (Phi) is 4.81. The number of nitrogens with zero attached hydrogens (tertiary/aromatic N) is 1. The van der Waals surface area contributed by atoms with Crippen LogP contribution in [0.3, 0.4) is 0 Å². The Morgan fingerprint density at radius 3 is 2.74 bits per heavy atom. The van der Waals surface area contributed by atoms with Gasteiger partial charge in [0.05, 0.1) is 24.0 Å². The molecule has 8 nitrogen and oxygen atoms in total. The zero-order valence-corrected chi connectivity index (χ0v) is 10.1. The molecule has 2 N–H and O–H groups in total. The number of esters is 1. The molecule has 0 saturated carbocycles. The lowest BCUT2D eigenvalue weighted by Gasteiger charge is -2.06. The molecule has 0 heterocycles. The van der Waals surface area contributed by atoms with Crippen molar-refractivity contribution in [2.75, 3.05) is 13.7 Å². The molecule has 0 radical (unpaired) electrons. The number of para-hydroxylation sites is 1. The molecule has 0 aliphatic carbocycles. The summed E-state index contributed by atoms with van der Waals surface area (Å²) < 4.78 is 4.38. The van der Waals surface area contributed by atoms with Crippen molar-refractivity contribution < 1.29 is 24.4 Å². The number of methoxy groups -OCH3 is 1. The maximum absolute atomic E-state index is 11.7. The number of hydrogen-bond acceptors (Lipinski definition) is 6. The lowest BCUT2D eigenvalue weighted by Crippen LogP contribution is -2.26. The third-order valence-corrected chi connectivity index (χ3v) is 2.30. The number of rotatable bonds is 5. The SMILES string of the molecule is COC(=O)CCNC(=O)c1cccc([N+](=O)[O-])c1O. The topological polar surface area (TPSA) is 119 Å². The largest absolute Gasteiger partial charge is 0.502 e. The summed E-state index contributed by atoms with van der Waals surface area (Å²) in [4.78, 5) is 32.3. The van der Waals surface area contributed by atoms with Crippen LogP contribution in [0.2, 0.25) is 0 Å². The van der Waals surface area contributed by atoms with E-state index in [1.807, 2.05) is 0 Å². The quantitative estimate of drug-likeness (QED) is 0.458. The molecule has 0 bridgehead atoms. The number of benzene rings is 1. The molecule has 1 rings (SSSR count). The summed E-state index contributed by atoms with van der Waals surface area (Å²) in [6, 6.07) is 3.61. The number of carbonyl (C=O) groups is 2. The van der Waals surface area contributed by atoms with Crippen LogP contribution in [-0.4, -0.2) is 35.6 Å². The average Bonchev–Trinajstić information content (AvgIpc) is 2.38. The van der Waals surface area contributed by atoms with Crippen LogP contribution in [0.15, 0.2) is 18.2 Å². The van der Waals surface area contributed by atoms with E-state index in [0.717, 1.165) is 6.07 Å². The number of nitro groups is 1. The summed E-state index contributed by atoms with van der Waals surface area (Å²) in [5.41, 5.74) is -0.778. The predicted molar refractivity (Wildman–Crippen MR) is 63.7 cm³/mol. The van der Waals surface area contributed by atoms with E-state index >= 15 is 0 Å². The van der Waals surface area contributed by atoms with Gasteiger partial charge in [-0.05, 0) is 6.07 Å². The molecule has 0 unspecified atom stereocenters. The molecule has 8 heteroatoms. The molecule has 0 aliphatic heterocycles. The van der Waals surface area contributed by atoms with Crippen molar-refractivity contribution in [2.45, 2.75) is 6.42 Å². The van der Waals surface area contributed by atoms with Crippen LogP contribution < -0.4 is 5.32 Å². The van der Waals surface area contributed by atoms with E-state index < -0.39 is 28.2 Å². The first-order valence-electron chi connectivity index (χ1n) is 5.28. The third-order valence-electron chi connectivity index (χ3n) is 2.30. The van der Waals surface area contributed by atoms with Crippen LogP contribution >= 0.6 is 0 Å². The highest BCUT2D eigenvalue weighted by molar-refractivity contribution is 5.98. The third kappa shape index (κ3) is 3.66. The van der Waals surface area contributed by atoms with Gasteiger partial charge in [0, 0.05) is 12.6 Å². The van der Waals surface area contributed by atoms with Crippen molar-refractivity contribution in [3.05, 3.63) is 33.9 Å². The minimum absolute atomic E-state index is 0.00758. The van der Waals surface area contributed by atoms with E-state index in [1.54, 1.807) is 0 Å². The Bertz CT molecular complexity index is 514. The molecule has 0 saturated heterocycles. The van der Waals surface area contributed by atoms with Crippen molar-refractivity contribution in [3.8, 4) is 5.75 Å². The minimum Gasteiger partial charge on any atom is -0.502 e. The number of phenolic OH excluding ortho intramolecular Hbond substituents is 1. The van der Waals surface area contributed by atoms with E-state index in [1.165, 1.54) is 19.2 Å². The lowest BCUT2D eigenvalue weighted by molar-refractivity contribution is -0.385. The van der Waals surface area contributed by atoms with Gasteiger partial charge in [0.1, 0.15) is 0 Å². The monoisotopic (exact) mass is 268 g/mol. The molecular weight excluding hydrogens is 256 g/mol. The highest BCUT2D eigenvalue weighted by Gasteiger charge is 2.20. The van der Waals surface area contributed by atoms with Gasteiger partial charge in [-0.3, -0.25) is 19.7 Å². The van der Waals surface area contributed by atoms with Crippen LogP contribution in [0.1, 0.15) is 16.8 Å². The Morgan fingerprint density at radius 1 is 1.47 bits per heavy atom. The van der Waals surface area contributed by atoms with E-state index in [2.05, 4.69) is 10.1 Å². The zero-order valence-electron chi connectivity index (χ0n) is 10.1. The molecule has 102 valence electrons. The van der Waals surface area contributed by atoms with Crippen molar-refractivity contribution >= 4 is 17.6 Å². The van der Waals surface area contributed by atoms with Crippen LogP contribution in [-0.2, 0) is 9.53 Å². The molecular formula is C11H12N2O6. The number of amides is 1. The second kappa shape index (κ2) is 6.34. The van der Waals surface area contributed by atoms with Gasteiger partial charge in [-0.2, -0.15) is 0 Å². The number of phenols is 1. The zero-order chi connectivity index (χ0) is 14.4. The van der Waals surface area contributed by atoms with Crippen LogP contribution in [0.25, 0.3) is 0 Å². The van der Waals surface area contributed by atoms with Gasteiger partial charge in [-0.1, -0.05) is 6.07 Å². The van der Waals surface area contributed by atoms with Crippen molar-refractivity contribution in [3.63, 3.8) is 0 Å². The summed E-state index contributed by atoms with van der Waals surface area (Å²) in [7, 11) is 1.22. The first-order chi connectivity index (χ1) is 8.97. The number of nitrogens with one attached hydrogen (secondary N) is 1. The standard InChI is InChI=1S/C11H12N2O6/c1-19-9(14)5-6-12-11(16)7-3-2-4-8(10(7)15)13(17)18/h2-4,15H,5-6H2,1H3,(H,12,16). The lowest BCUT2D eigenvalue weighted by atomic mass is 10.1. The number of ether oxygens (including phenoxy) is 1. The summed E-state index contributed by atoms with van der Waals surface area (Å²) in [6.07, 6.45) is -0.0298. The Labute approximate surface area is 108 Å². The maximum atomic E-state index is 11.7. The maximum Gasteiger partial charge on any atom is 0.311 e. The predicted octanol–water partition coefficient (Wildman–Crippen LogP) is 0.593. The number of hydrogen-bond donors (Lipinski definition) is 2. The Morgan fingerprint density at radius 2 is 2.16 bits per heavy atom. The molecule has 1 amide bonds. The van der Waals surface area contributed by atoms with Gasteiger partial charge >= 0.3 is 11.7 Å². The fourth-order valence-corrected chi connectivity index (χ4v) is 1.34. The smallest absolute Gasteiger partial charge is 0.311 e. The van der Waals surface area contributed by atoms with E-state index in [-0.39, 0.29) is 18.5 Å². The fourth-order valence-electron chi connectivity index (χ4n) is 1.34. The summed E-state index contributed by atoms with van der Waals surface area (Å²) in [5.74, 6) is -1.91. The normalized spacial score (nSPS) is 9.74. The second-order valence-corrected chi connectivity index (χ2v) is 3.51. The highest BCUT2D eigenvalue weighted by Crippen LogP contribution is 2.28. The van der Waals surface area contributed by atoms with Gasteiger partial charge in [0.25, 0.3) is 5.91 Å². The van der Waals surface area contributed by atoms with Crippen LogP contribution in [0.4, 0.5) is 5.69 Å². The van der Waals surface area contributed by atoms with Crippen molar-refractivity contribution in [1.82, 2.24) is 5.32 Å². The van der Waals surface area contributed by atoms with Gasteiger partial charge in [0.15, 0.2) is 0 Å². The van der Waals surface area contributed by atoms with E-state index in [0.29, 0.717) is 0 Å². The summed E-state index contributed by atoms with van der Waals surface area (Å²) >= 11 is 0. The number of nitro benzene ring substituents is 1. The minimum atomic E-state index is -0.791. The van der Waals surface area contributed by atoms with Gasteiger partial charge in [-0.15, -0.1) is 0 Å². The molecule has 1 aromatic carbocycles. The highest BCUT2D eigenvalue weighted by atomic mass is 16.6. The molecule has 0 aromatic heterocycles. The second-order valence-electron chi connectivity index (χ2n) is 3.51. The summed E-state index contributed by atoms with van der Waals surface area (Å²) in [5, 5.41) is 22.5. The molecule has 0 spiro atoms. The van der Waals surface area contributed by atoms with Crippen LogP contribution in [0.5, 0.6) is 5.75 Å². The first kappa shape index (κ1) is 14.4. The van der Waals surface area contributed by atoms with Crippen molar-refractivity contribution in [1.29, 1.82) is 0 Å². The number of aromatic hydroxyl groups is 1. The average molecular weight is 268 g/mol. The Hall–Kier alpha value is -2.64. The van der Waals surface area contributed by atoms with Crippen LogP contribution in [0, 0.1) is 10.1 Å². The molecule has 1 aromatic rings. The van der Waals surface area contributed by atoms with Gasteiger partial charge in [-0.25, -0.2) is 0 Å². The van der Waals surface area contributed by atoms with Crippen molar-refractivity contribution in [2.24, 2.45) is 0 Å². The summed E-state index contributed by atoms with van der Waals surface area (Å²) in [6.45, 7) is 0.00758. The molecule has 0 fully saturated rings. The fraction of sp³-hybridized carbons (Fsp3) is 0.273. The molecule has 19 heavy (non-hydrogen) atoms. The van der Waals surface area contributed by atoms with E-state index in [9.17, 15) is 24.8 Å². The van der Waals surface area contributed by atoms with Gasteiger partial charge < -0.3 is 15.2 Å². The number of carbonyl (C=O) groups excluding carboxylic acids is 2. The van der Waals surface area contributed by atoms with E-state index in [4.69, 9.17) is 0 Å². The molecule has 0 atom stereocenters. The van der Waals surface area contributed by atoms with Gasteiger partial charge in [0.2, 0.25) is 5.75 Å². The Balaban J connectivity index is 2.75. The first-order valence-corrected chi connectivity index (χ1v) is 5.28.